The number of alkyl halides is 3. The van der Waals surface area contributed by atoms with Crippen LogP contribution in [0.4, 0.5) is 25.0 Å². The van der Waals surface area contributed by atoms with Crippen LogP contribution in [0.25, 0.3) is 0 Å². The highest BCUT2D eigenvalue weighted by Crippen LogP contribution is 2.28. The van der Waals surface area contributed by atoms with Crippen molar-refractivity contribution in [3.63, 3.8) is 0 Å². The third-order valence-corrected chi connectivity index (χ3v) is 2.26. The molecule has 0 amide bonds. The quantitative estimate of drug-likeness (QED) is 0.875. The smallest absolute Gasteiger partial charge is 0.433 e. The van der Waals surface area contributed by atoms with Crippen LogP contribution in [0, 0.1) is 0 Å². The van der Waals surface area contributed by atoms with Crippen LogP contribution in [0.5, 0.6) is 0 Å². The largest absolute Gasteiger partial charge is 0.460 e. The highest BCUT2D eigenvalue weighted by Gasteiger charge is 2.32. The first-order chi connectivity index (χ1) is 9.90. The lowest BCUT2D eigenvalue weighted by molar-refractivity contribution is -0.141. The number of pyridine rings is 1. The second kappa shape index (κ2) is 5.81. The van der Waals surface area contributed by atoms with Gasteiger partial charge >= 0.3 is 18.2 Å². The van der Waals surface area contributed by atoms with Crippen molar-refractivity contribution in [2.45, 2.75) is 13.1 Å². The van der Waals surface area contributed by atoms with Crippen molar-refractivity contribution >= 4 is 17.8 Å². The van der Waals surface area contributed by atoms with Gasteiger partial charge in [0.2, 0.25) is 5.76 Å². The molecule has 0 radical (unpaired) electrons. The standard InChI is InChI=1S/C12H10F3N3O3/c1-2-20-10(19)7-6-16-11(21-7)18-9-5-3-4-8(17-9)12(13,14)15/h3-6H,2H2,1H3,(H,16,17,18). The van der Waals surface area contributed by atoms with Crippen molar-refractivity contribution in [2.24, 2.45) is 0 Å². The predicted molar refractivity (Wildman–Crippen MR) is 65.0 cm³/mol. The normalized spacial score (nSPS) is 11.2. The summed E-state index contributed by atoms with van der Waals surface area (Å²) in [5.74, 6) is -0.983. The second-order valence-corrected chi connectivity index (χ2v) is 3.78. The number of ether oxygens (including phenoxy) is 1. The molecule has 0 aliphatic heterocycles. The Balaban J connectivity index is 2.14. The molecule has 0 aromatic carbocycles. The van der Waals surface area contributed by atoms with Crippen molar-refractivity contribution in [3.05, 3.63) is 35.9 Å². The number of hydrogen-bond acceptors (Lipinski definition) is 6. The molecule has 0 bridgehead atoms. The number of esters is 1. The van der Waals surface area contributed by atoms with Crippen molar-refractivity contribution in [3.8, 4) is 0 Å². The van der Waals surface area contributed by atoms with Gasteiger partial charge in [0, 0.05) is 0 Å². The van der Waals surface area contributed by atoms with Crippen LogP contribution in [-0.2, 0) is 10.9 Å². The van der Waals surface area contributed by atoms with Gasteiger partial charge in [-0.1, -0.05) is 6.07 Å². The minimum Gasteiger partial charge on any atom is -0.460 e. The lowest BCUT2D eigenvalue weighted by Crippen LogP contribution is -2.08. The number of nitrogens with zero attached hydrogens (tertiary/aromatic N) is 2. The topological polar surface area (TPSA) is 77.2 Å². The zero-order chi connectivity index (χ0) is 15.5. The number of hydrogen-bond donors (Lipinski definition) is 1. The Labute approximate surface area is 117 Å². The summed E-state index contributed by atoms with van der Waals surface area (Å²) >= 11 is 0. The number of nitrogens with one attached hydrogen (secondary N) is 1. The number of carbonyl (C=O) groups excluding carboxylic acids is 1. The lowest BCUT2D eigenvalue weighted by atomic mass is 10.3. The van der Waals surface area contributed by atoms with E-state index < -0.39 is 17.8 Å². The SMILES string of the molecule is CCOC(=O)c1cnc(Nc2cccc(C(F)(F)F)n2)o1. The van der Waals surface area contributed by atoms with Gasteiger partial charge < -0.3 is 9.15 Å². The number of rotatable bonds is 4. The Kier molecular flexibility index (Phi) is 4.10. The van der Waals surface area contributed by atoms with E-state index in [-0.39, 0.29) is 24.2 Å². The zero-order valence-electron chi connectivity index (χ0n) is 10.8. The molecule has 0 saturated carbocycles. The molecule has 0 aliphatic rings. The van der Waals surface area contributed by atoms with Crippen LogP contribution >= 0.6 is 0 Å². The Morgan fingerprint density at radius 2 is 2.19 bits per heavy atom. The number of halogens is 3. The fraction of sp³-hybridized carbons (Fsp3) is 0.250. The number of aromatic nitrogens is 2. The van der Waals surface area contributed by atoms with Crippen LogP contribution in [0.2, 0.25) is 0 Å². The maximum Gasteiger partial charge on any atom is 0.433 e. The third-order valence-electron chi connectivity index (χ3n) is 2.26. The monoisotopic (exact) mass is 301 g/mol. The summed E-state index contributed by atoms with van der Waals surface area (Å²) in [7, 11) is 0. The molecule has 0 aliphatic carbocycles. The molecule has 0 spiro atoms. The molecule has 0 unspecified atom stereocenters. The van der Waals surface area contributed by atoms with Gasteiger partial charge in [-0.25, -0.2) is 14.8 Å². The molecule has 2 rings (SSSR count). The highest BCUT2D eigenvalue weighted by atomic mass is 19.4. The first kappa shape index (κ1) is 14.8. The van der Waals surface area contributed by atoms with Crippen LogP contribution in [-0.4, -0.2) is 22.5 Å². The van der Waals surface area contributed by atoms with E-state index in [1.54, 1.807) is 6.92 Å². The van der Waals surface area contributed by atoms with Crippen molar-refractivity contribution < 1.29 is 27.1 Å². The van der Waals surface area contributed by atoms with Crippen LogP contribution in [0.1, 0.15) is 23.2 Å². The first-order valence-corrected chi connectivity index (χ1v) is 5.84. The van der Waals surface area contributed by atoms with Crippen LogP contribution < -0.4 is 5.32 Å². The van der Waals surface area contributed by atoms with E-state index in [1.165, 1.54) is 12.1 Å². The molecule has 0 atom stereocenters. The molecular formula is C12H10F3N3O3. The summed E-state index contributed by atoms with van der Waals surface area (Å²) in [6.07, 6.45) is -3.45. The highest BCUT2D eigenvalue weighted by molar-refractivity contribution is 5.86. The Hall–Kier alpha value is -2.58. The molecule has 2 aromatic rings. The molecule has 6 nitrogen and oxygen atoms in total. The Morgan fingerprint density at radius 3 is 2.86 bits per heavy atom. The van der Waals surface area contributed by atoms with E-state index in [9.17, 15) is 18.0 Å². The molecule has 2 heterocycles. The van der Waals surface area contributed by atoms with E-state index in [2.05, 4.69) is 15.3 Å². The van der Waals surface area contributed by atoms with Gasteiger partial charge in [-0.05, 0) is 19.1 Å². The number of oxazole rings is 1. The zero-order valence-corrected chi connectivity index (χ0v) is 10.8. The molecular weight excluding hydrogens is 291 g/mol. The summed E-state index contributed by atoms with van der Waals surface area (Å²) in [5.41, 5.74) is -1.05. The lowest BCUT2D eigenvalue weighted by Gasteiger charge is -2.07. The first-order valence-electron chi connectivity index (χ1n) is 5.84. The molecule has 0 saturated heterocycles. The van der Waals surface area contributed by atoms with Gasteiger partial charge in [-0.3, -0.25) is 5.32 Å². The second-order valence-electron chi connectivity index (χ2n) is 3.78. The van der Waals surface area contributed by atoms with Crippen molar-refractivity contribution in [1.29, 1.82) is 0 Å². The average molecular weight is 301 g/mol. The minimum atomic E-state index is -4.55. The summed E-state index contributed by atoms with van der Waals surface area (Å²) in [4.78, 5) is 18.4. The van der Waals surface area contributed by atoms with Gasteiger partial charge in [-0.2, -0.15) is 13.2 Å². The van der Waals surface area contributed by atoms with Gasteiger partial charge in [0.15, 0.2) is 0 Å². The Bertz CT molecular complexity index is 640. The molecule has 21 heavy (non-hydrogen) atoms. The maximum absolute atomic E-state index is 12.5. The summed E-state index contributed by atoms with van der Waals surface area (Å²) in [5, 5.41) is 2.44. The minimum absolute atomic E-state index is 0.109. The van der Waals surface area contributed by atoms with E-state index in [4.69, 9.17) is 9.15 Å². The summed E-state index contributed by atoms with van der Waals surface area (Å²) < 4.78 is 47.2. The van der Waals surface area contributed by atoms with Gasteiger partial charge in [0.25, 0.3) is 0 Å². The summed E-state index contributed by atoms with van der Waals surface area (Å²) in [6, 6.07) is 3.17. The van der Waals surface area contributed by atoms with Gasteiger partial charge in [-0.15, -0.1) is 0 Å². The number of carbonyl (C=O) groups is 1. The van der Waals surface area contributed by atoms with Gasteiger partial charge in [0.1, 0.15) is 11.5 Å². The Morgan fingerprint density at radius 1 is 1.43 bits per heavy atom. The molecule has 9 heteroatoms. The van der Waals surface area contributed by atoms with E-state index in [0.717, 1.165) is 12.3 Å². The van der Waals surface area contributed by atoms with Crippen molar-refractivity contribution in [2.75, 3.05) is 11.9 Å². The molecule has 2 aromatic heterocycles. The molecule has 1 N–H and O–H groups in total. The van der Waals surface area contributed by atoms with E-state index in [0.29, 0.717) is 0 Å². The van der Waals surface area contributed by atoms with E-state index >= 15 is 0 Å². The predicted octanol–water partition coefficient (Wildman–Crippen LogP) is 3.01. The molecule has 0 fully saturated rings. The fourth-order valence-corrected chi connectivity index (χ4v) is 1.40. The van der Waals surface area contributed by atoms with Gasteiger partial charge in [0.05, 0.1) is 12.8 Å². The third kappa shape index (κ3) is 3.71. The fourth-order valence-electron chi connectivity index (χ4n) is 1.40. The average Bonchev–Trinajstić information content (AvgIpc) is 2.87. The molecule has 112 valence electrons. The summed E-state index contributed by atoms with van der Waals surface area (Å²) in [6.45, 7) is 1.79. The number of anilines is 2. The van der Waals surface area contributed by atoms with Crippen LogP contribution in [0.15, 0.2) is 28.8 Å². The maximum atomic E-state index is 12.5. The van der Waals surface area contributed by atoms with E-state index in [1.807, 2.05) is 0 Å². The van der Waals surface area contributed by atoms with Crippen LogP contribution in [0.3, 0.4) is 0 Å². The van der Waals surface area contributed by atoms with Crippen molar-refractivity contribution in [1.82, 2.24) is 9.97 Å².